The van der Waals surface area contributed by atoms with Crippen LogP contribution < -0.4 is 4.90 Å². The van der Waals surface area contributed by atoms with Crippen molar-refractivity contribution in [1.29, 1.82) is 5.26 Å². The van der Waals surface area contributed by atoms with Gasteiger partial charge in [-0.15, -0.1) is 11.8 Å². The van der Waals surface area contributed by atoms with Crippen LogP contribution in [0.2, 0.25) is 0 Å². The molecule has 1 amide bonds. The maximum Gasteiger partial charge on any atom is 0.455 e. The molecule has 1 aliphatic rings. The summed E-state index contributed by atoms with van der Waals surface area (Å²) in [4.78, 5) is 21.5. The lowest BCUT2D eigenvalue weighted by molar-refractivity contribution is -0.276. The molecule has 0 saturated heterocycles. The molecule has 0 aromatic carbocycles. The lowest BCUT2D eigenvalue weighted by Crippen LogP contribution is -2.50. The number of alkyl halides is 5. The molecule has 12 heteroatoms. The van der Waals surface area contributed by atoms with Crippen LogP contribution in [0.25, 0.3) is 11.4 Å². The maximum atomic E-state index is 13.6. The number of amides is 1. The first kappa shape index (κ1) is 24.7. The van der Waals surface area contributed by atoms with Gasteiger partial charge in [-0.1, -0.05) is 6.92 Å². The Labute approximate surface area is 190 Å². The summed E-state index contributed by atoms with van der Waals surface area (Å²) in [6, 6.07) is 5.46. The van der Waals surface area contributed by atoms with Crippen LogP contribution in [-0.4, -0.2) is 40.5 Å². The van der Waals surface area contributed by atoms with E-state index >= 15 is 0 Å². The molecule has 2 aromatic rings. The number of ether oxygens (including phenoxy) is 1. The summed E-state index contributed by atoms with van der Waals surface area (Å²) in [5.74, 6) is -4.44. The van der Waals surface area contributed by atoms with Crippen LogP contribution in [0.5, 0.6) is 0 Å². The summed E-state index contributed by atoms with van der Waals surface area (Å²) in [5, 5.41) is 9.40. The highest BCUT2D eigenvalue weighted by Gasteiger charge is 2.59. The molecule has 0 atom stereocenters. The number of nitrogens with zero attached hydrogens (tertiary/aromatic N) is 4. The molecule has 176 valence electrons. The Kier molecular flexibility index (Phi) is 6.57. The molecule has 0 spiro atoms. The van der Waals surface area contributed by atoms with Crippen molar-refractivity contribution in [2.45, 2.75) is 49.8 Å². The summed E-state index contributed by atoms with van der Waals surface area (Å²) in [6.45, 7) is 3.20. The van der Waals surface area contributed by atoms with Gasteiger partial charge in [0.1, 0.15) is 18.8 Å². The van der Waals surface area contributed by atoms with Crippen LogP contribution in [0.3, 0.4) is 0 Å². The molecule has 0 bridgehead atoms. The van der Waals surface area contributed by atoms with Gasteiger partial charge in [-0.2, -0.15) is 27.2 Å². The number of aromatic nitrogens is 2. The molecule has 0 fully saturated rings. The van der Waals surface area contributed by atoms with E-state index in [-0.39, 0.29) is 22.8 Å². The monoisotopic (exact) mass is 486 g/mol. The maximum absolute atomic E-state index is 13.6. The number of thioether (sulfide) groups is 1. The smallest absolute Gasteiger partial charge is 0.444 e. The quantitative estimate of drug-likeness (QED) is 0.384. The Morgan fingerprint density at radius 1 is 1.18 bits per heavy atom. The van der Waals surface area contributed by atoms with Crippen molar-refractivity contribution in [3.8, 4) is 17.5 Å². The minimum atomic E-state index is -5.83. The number of halogens is 5. The standard InChI is InChI=1S/C21H19F5N4O2S/c1-4-33-16-6-13(19(2,3)10-27)7-29-17(16)14-5-12-9-32-18(31)30(15(12)8-28-14)11-20(22,23)21(24,25)26/h5-8H,4,9,11H2,1-3H3. The molecule has 0 aliphatic carbocycles. The number of carbonyl (C=O) groups excluding carboxylic acids is 1. The van der Waals surface area contributed by atoms with E-state index in [1.165, 1.54) is 24.0 Å². The number of hydrogen-bond acceptors (Lipinski definition) is 6. The second kappa shape index (κ2) is 8.78. The van der Waals surface area contributed by atoms with Gasteiger partial charge in [0.05, 0.1) is 29.1 Å². The fourth-order valence-electron chi connectivity index (χ4n) is 3.04. The predicted molar refractivity (Wildman–Crippen MR) is 111 cm³/mol. The van der Waals surface area contributed by atoms with Crippen molar-refractivity contribution < 1.29 is 31.5 Å². The highest BCUT2D eigenvalue weighted by atomic mass is 32.2. The van der Waals surface area contributed by atoms with E-state index in [2.05, 4.69) is 16.0 Å². The minimum absolute atomic E-state index is 0.189. The van der Waals surface area contributed by atoms with Gasteiger partial charge in [0.25, 0.3) is 0 Å². The normalized spacial score (nSPS) is 14.5. The molecule has 33 heavy (non-hydrogen) atoms. The van der Waals surface area contributed by atoms with Crippen molar-refractivity contribution >= 4 is 23.5 Å². The fraction of sp³-hybridized carbons (Fsp3) is 0.429. The van der Waals surface area contributed by atoms with Crippen LogP contribution in [0.15, 0.2) is 29.4 Å². The van der Waals surface area contributed by atoms with Crippen molar-refractivity contribution in [2.24, 2.45) is 0 Å². The summed E-state index contributed by atoms with van der Waals surface area (Å²) in [7, 11) is 0. The van der Waals surface area contributed by atoms with Crippen LogP contribution in [-0.2, 0) is 16.8 Å². The molecule has 6 nitrogen and oxygen atoms in total. The number of hydrogen-bond donors (Lipinski definition) is 0. The summed E-state index contributed by atoms with van der Waals surface area (Å²) in [6.07, 6.45) is -4.54. The molecule has 0 saturated carbocycles. The van der Waals surface area contributed by atoms with Crippen molar-refractivity contribution in [2.75, 3.05) is 17.2 Å². The van der Waals surface area contributed by atoms with E-state index in [9.17, 15) is 32.0 Å². The van der Waals surface area contributed by atoms with Gasteiger partial charge in [-0.3, -0.25) is 14.9 Å². The average Bonchev–Trinajstić information content (AvgIpc) is 2.74. The first-order valence-electron chi connectivity index (χ1n) is 9.73. The van der Waals surface area contributed by atoms with E-state index in [4.69, 9.17) is 4.74 Å². The molecule has 2 aromatic heterocycles. The third-order valence-electron chi connectivity index (χ3n) is 5.00. The Balaban J connectivity index is 2.02. The van der Waals surface area contributed by atoms with Gasteiger partial charge in [-0.25, -0.2) is 4.79 Å². The van der Waals surface area contributed by atoms with Gasteiger partial charge in [-0.05, 0) is 37.3 Å². The predicted octanol–water partition coefficient (Wildman–Crippen LogP) is 5.71. The Morgan fingerprint density at radius 2 is 1.88 bits per heavy atom. The van der Waals surface area contributed by atoms with Crippen LogP contribution >= 0.6 is 11.8 Å². The lowest BCUT2D eigenvalue weighted by Gasteiger charge is -2.32. The highest BCUT2D eigenvalue weighted by Crippen LogP contribution is 2.40. The number of anilines is 1. The van der Waals surface area contributed by atoms with Gasteiger partial charge < -0.3 is 4.74 Å². The van der Waals surface area contributed by atoms with Crippen LogP contribution in [0.1, 0.15) is 31.9 Å². The molecule has 0 unspecified atom stereocenters. The average molecular weight is 486 g/mol. The van der Waals surface area contributed by atoms with E-state index in [1.807, 2.05) is 13.0 Å². The number of pyridine rings is 2. The Hall–Kier alpha value is -2.94. The van der Waals surface area contributed by atoms with Crippen molar-refractivity contribution in [3.05, 3.63) is 35.7 Å². The lowest BCUT2D eigenvalue weighted by atomic mass is 9.87. The molecule has 0 radical (unpaired) electrons. The summed E-state index contributed by atoms with van der Waals surface area (Å²) < 4.78 is 70.0. The molecule has 3 rings (SSSR count). The number of nitriles is 1. The second-order valence-corrected chi connectivity index (χ2v) is 9.09. The van der Waals surface area contributed by atoms with Gasteiger partial charge in [0.15, 0.2) is 0 Å². The SMILES string of the molecule is CCSc1cc(C(C)(C)C#N)cnc1-c1cc2c(cn1)N(CC(F)(F)C(F)(F)F)C(=O)OC2. The molecular weight excluding hydrogens is 467 g/mol. The summed E-state index contributed by atoms with van der Waals surface area (Å²) >= 11 is 1.45. The zero-order valence-electron chi connectivity index (χ0n) is 17.8. The number of fused-ring (bicyclic) bond motifs is 1. The van der Waals surface area contributed by atoms with E-state index in [1.54, 1.807) is 13.8 Å². The molecular formula is C21H19F5N4O2S. The zero-order chi connectivity index (χ0) is 24.6. The van der Waals surface area contributed by atoms with E-state index < -0.39 is 30.2 Å². The van der Waals surface area contributed by atoms with Crippen molar-refractivity contribution in [3.63, 3.8) is 0 Å². The first-order chi connectivity index (χ1) is 15.3. The van der Waals surface area contributed by atoms with Crippen molar-refractivity contribution in [1.82, 2.24) is 9.97 Å². The van der Waals surface area contributed by atoms with Crippen LogP contribution in [0.4, 0.5) is 32.4 Å². The third-order valence-corrected chi connectivity index (χ3v) is 5.91. The number of carbonyl (C=O) groups is 1. The number of cyclic esters (lactones) is 1. The topological polar surface area (TPSA) is 79.1 Å². The van der Waals surface area contributed by atoms with Crippen LogP contribution in [0, 0.1) is 11.3 Å². The third kappa shape index (κ3) is 4.88. The van der Waals surface area contributed by atoms with Gasteiger partial charge in [0.2, 0.25) is 0 Å². The van der Waals surface area contributed by atoms with Gasteiger partial charge >= 0.3 is 18.2 Å². The highest BCUT2D eigenvalue weighted by molar-refractivity contribution is 7.99. The molecule has 1 aliphatic heterocycles. The first-order valence-corrected chi connectivity index (χ1v) is 10.7. The molecule has 0 N–H and O–H groups in total. The number of rotatable bonds is 6. The Bertz CT molecular complexity index is 1110. The fourth-order valence-corrected chi connectivity index (χ4v) is 3.86. The molecule has 3 heterocycles. The second-order valence-electron chi connectivity index (χ2n) is 7.78. The van der Waals surface area contributed by atoms with Gasteiger partial charge in [0, 0.05) is 16.7 Å². The summed E-state index contributed by atoms with van der Waals surface area (Å²) in [5.41, 5.74) is 0.713. The minimum Gasteiger partial charge on any atom is -0.444 e. The Morgan fingerprint density at radius 3 is 2.48 bits per heavy atom. The van der Waals surface area contributed by atoms with E-state index in [0.29, 0.717) is 22.7 Å². The largest absolute Gasteiger partial charge is 0.455 e. The zero-order valence-corrected chi connectivity index (χ0v) is 18.7. The van der Waals surface area contributed by atoms with E-state index in [0.717, 1.165) is 11.1 Å².